The zero-order chi connectivity index (χ0) is 21.5. The van der Waals surface area contributed by atoms with Crippen molar-refractivity contribution in [1.82, 2.24) is 0 Å². The van der Waals surface area contributed by atoms with Gasteiger partial charge in [0.25, 0.3) is 0 Å². The number of hydrogen-bond donors (Lipinski definition) is 0. The molecule has 0 saturated carbocycles. The summed E-state index contributed by atoms with van der Waals surface area (Å²) < 4.78 is 28.7. The highest BCUT2D eigenvalue weighted by atomic mass is 16.5. The van der Waals surface area contributed by atoms with E-state index in [9.17, 15) is 0 Å². The Morgan fingerprint density at radius 1 is 0.633 bits per heavy atom. The molecule has 0 heterocycles. The van der Waals surface area contributed by atoms with Gasteiger partial charge in [-0.15, -0.1) is 0 Å². The molecule has 0 saturated heterocycles. The van der Waals surface area contributed by atoms with Gasteiger partial charge in [0, 0.05) is 17.5 Å². The van der Waals surface area contributed by atoms with Crippen molar-refractivity contribution < 1.29 is 23.7 Å². The number of rotatable bonds is 9. The Balaban J connectivity index is 2.00. The average molecular weight is 408 g/mol. The van der Waals surface area contributed by atoms with E-state index in [0.29, 0.717) is 36.0 Å². The minimum absolute atomic E-state index is 0.503. The van der Waals surface area contributed by atoms with Gasteiger partial charge in [-0.25, -0.2) is 0 Å². The first kappa shape index (κ1) is 21.4. The molecule has 5 nitrogen and oxygen atoms in total. The van der Waals surface area contributed by atoms with E-state index in [1.807, 2.05) is 43.3 Å². The van der Waals surface area contributed by atoms with Crippen LogP contribution in [-0.2, 0) is 13.0 Å². The molecule has 0 atom stereocenters. The molecule has 0 unspecified atom stereocenters. The fourth-order valence-corrected chi connectivity index (χ4v) is 3.58. The van der Waals surface area contributed by atoms with Crippen molar-refractivity contribution in [2.75, 3.05) is 28.4 Å². The highest BCUT2D eigenvalue weighted by Crippen LogP contribution is 2.50. The topological polar surface area (TPSA) is 46.2 Å². The molecule has 3 rings (SSSR count). The summed E-state index contributed by atoms with van der Waals surface area (Å²) in [5.74, 6) is 3.13. The van der Waals surface area contributed by atoms with Crippen LogP contribution in [-0.4, -0.2) is 28.4 Å². The molecule has 3 aromatic carbocycles. The lowest BCUT2D eigenvalue weighted by Crippen LogP contribution is -2.06. The maximum atomic E-state index is 6.14. The Labute approximate surface area is 178 Å². The zero-order valence-corrected chi connectivity index (χ0v) is 18.2. The third-order valence-corrected chi connectivity index (χ3v) is 5.08. The van der Waals surface area contributed by atoms with E-state index in [4.69, 9.17) is 23.7 Å². The van der Waals surface area contributed by atoms with Crippen LogP contribution in [0.1, 0.15) is 22.3 Å². The van der Waals surface area contributed by atoms with Crippen LogP contribution in [0.2, 0.25) is 0 Å². The van der Waals surface area contributed by atoms with E-state index < -0.39 is 0 Å². The summed E-state index contributed by atoms with van der Waals surface area (Å²) in [6.45, 7) is 2.50. The van der Waals surface area contributed by atoms with E-state index in [1.54, 1.807) is 28.4 Å². The van der Waals surface area contributed by atoms with Crippen molar-refractivity contribution in [3.05, 3.63) is 76.9 Å². The molecule has 158 valence electrons. The van der Waals surface area contributed by atoms with Crippen LogP contribution in [0.5, 0.6) is 28.7 Å². The minimum atomic E-state index is 0.503. The molecule has 0 N–H and O–H groups in total. The van der Waals surface area contributed by atoms with Gasteiger partial charge in [-0.2, -0.15) is 0 Å². The normalized spacial score (nSPS) is 10.4. The van der Waals surface area contributed by atoms with Crippen molar-refractivity contribution in [1.29, 1.82) is 0 Å². The molecule has 3 aromatic rings. The largest absolute Gasteiger partial charge is 0.492 e. The summed E-state index contributed by atoms with van der Waals surface area (Å²) in [5, 5.41) is 0. The van der Waals surface area contributed by atoms with E-state index in [2.05, 4.69) is 18.2 Å². The molecular formula is C25H28O5. The van der Waals surface area contributed by atoms with Crippen LogP contribution >= 0.6 is 0 Å². The lowest BCUT2D eigenvalue weighted by molar-refractivity contribution is 0.300. The van der Waals surface area contributed by atoms with Gasteiger partial charge in [0.1, 0.15) is 12.4 Å². The predicted octanol–water partition coefficient (Wildman–Crippen LogP) is 5.20. The Morgan fingerprint density at radius 2 is 1.20 bits per heavy atom. The summed E-state index contributed by atoms with van der Waals surface area (Å²) in [6, 6.07) is 18.1. The summed E-state index contributed by atoms with van der Waals surface area (Å²) in [6.07, 6.45) is 0.594. The molecule has 0 radical (unpaired) electrons. The molecule has 0 bridgehead atoms. The highest BCUT2D eigenvalue weighted by Gasteiger charge is 2.25. The summed E-state index contributed by atoms with van der Waals surface area (Å²) in [5.41, 5.74) is 4.06. The van der Waals surface area contributed by atoms with Crippen molar-refractivity contribution in [3.63, 3.8) is 0 Å². The van der Waals surface area contributed by atoms with Gasteiger partial charge in [0.15, 0.2) is 11.5 Å². The zero-order valence-electron chi connectivity index (χ0n) is 18.2. The first-order valence-electron chi connectivity index (χ1n) is 9.74. The maximum Gasteiger partial charge on any atom is 0.207 e. The molecule has 0 fully saturated rings. The summed E-state index contributed by atoms with van der Waals surface area (Å²) in [4.78, 5) is 0. The van der Waals surface area contributed by atoms with Crippen molar-refractivity contribution in [3.8, 4) is 28.7 Å². The molecule has 0 amide bonds. The first-order valence-corrected chi connectivity index (χ1v) is 9.74. The van der Waals surface area contributed by atoms with Gasteiger partial charge in [0.2, 0.25) is 11.5 Å². The van der Waals surface area contributed by atoms with Crippen LogP contribution in [0.3, 0.4) is 0 Å². The molecule has 5 heteroatoms. The number of methoxy groups -OCH3 is 4. The average Bonchev–Trinajstić information content (AvgIpc) is 2.79. The first-order chi connectivity index (χ1) is 14.6. The smallest absolute Gasteiger partial charge is 0.207 e. The van der Waals surface area contributed by atoms with Crippen LogP contribution in [0, 0.1) is 6.92 Å². The summed E-state index contributed by atoms with van der Waals surface area (Å²) in [7, 11) is 6.43. The van der Waals surface area contributed by atoms with Crippen LogP contribution in [0.4, 0.5) is 0 Å². The maximum absolute atomic E-state index is 6.14. The molecular weight excluding hydrogens is 380 g/mol. The summed E-state index contributed by atoms with van der Waals surface area (Å²) >= 11 is 0. The van der Waals surface area contributed by atoms with Crippen molar-refractivity contribution >= 4 is 0 Å². The Bertz CT molecular complexity index is 983. The van der Waals surface area contributed by atoms with Gasteiger partial charge in [-0.3, -0.25) is 0 Å². The third-order valence-electron chi connectivity index (χ3n) is 5.08. The fraction of sp³-hybridized carbons (Fsp3) is 0.280. The van der Waals surface area contributed by atoms with E-state index in [1.165, 1.54) is 0 Å². The SMILES string of the molecule is COc1c(C)c(Cc2ccccc2OCc2ccccc2)c(OC)c(OC)c1OC. The van der Waals surface area contributed by atoms with Crippen LogP contribution < -0.4 is 23.7 Å². The van der Waals surface area contributed by atoms with E-state index in [-0.39, 0.29) is 0 Å². The fourth-order valence-electron chi connectivity index (χ4n) is 3.58. The number of para-hydroxylation sites is 1. The number of benzene rings is 3. The second-order valence-corrected chi connectivity index (χ2v) is 6.80. The van der Waals surface area contributed by atoms with Gasteiger partial charge in [-0.05, 0) is 24.1 Å². The molecule has 0 aromatic heterocycles. The molecule has 30 heavy (non-hydrogen) atoms. The Morgan fingerprint density at radius 3 is 1.83 bits per heavy atom. The van der Waals surface area contributed by atoms with Crippen molar-refractivity contribution in [2.45, 2.75) is 20.0 Å². The monoisotopic (exact) mass is 408 g/mol. The number of hydrogen-bond acceptors (Lipinski definition) is 5. The Kier molecular flexibility index (Phi) is 7.07. The van der Waals surface area contributed by atoms with E-state index in [0.717, 1.165) is 28.0 Å². The van der Waals surface area contributed by atoms with Gasteiger partial charge >= 0.3 is 0 Å². The second-order valence-electron chi connectivity index (χ2n) is 6.80. The lowest BCUT2D eigenvalue weighted by atomic mass is 9.96. The van der Waals surface area contributed by atoms with Crippen LogP contribution in [0.25, 0.3) is 0 Å². The molecule has 0 aliphatic heterocycles. The predicted molar refractivity (Wildman–Crippen MR) is 117 cm³/mol. The molecule has 0 spiro atoms. The number of ether oxygens (including phenoxy) is 5. The van der Waals surface area contributed by atoms with Crippen LogP contribution in [0.15, 0.2) is 54.6 Å². The highest BCUT2D eigenvalue weighted by molar-refractivity contribution is 5.67. The van der Waals surface area contributed by atoms with Gasteiger partial charge < -0.3 is 23.7 Å². The quantitative estimate of drug-likeness (QED) is 0.487. The van der Waals surface area contributed by atoms with Gasteiger partial charge in [0.05, 0.1) is 28.4 Å². The molecule has 0 aliphatic rings. The third kappa shape index (κ3) is 4.30. The second kappa shape index (κ2) is 9.92. The van der Waals surface area contributed by atoms with Gasteiger partial charge in [-0.1, -0.05) is 48.5 Å². The Hall–Kier alpha value is -3.34. The lowest BCUT2D eigenvalue weighted by Gasteiger charge is -2.22. The van der Waals surface area contributed by atoms with Crippen molar-refractivity contribution in [2.24, 2.45) is 0 Å². The van der Waals surface area contributed by atoms with E-state index >= 15 is 0 Å². The minimum Gasteiger partial charge on any atom is -0.492 e. The standard InChI is InChI=1S/C25H28O5/c1-17-20(23(27-3)25(29-5)24(28-4)22(17)26-2)15-19-13-9-10-14-21(19)30-16-18-11-7-6-8-12-18/h6-14H,15-16H2,1-5H3. The molecule has 0 aliphatic carbocycles.